The van der Waals surface area contributed by atoms with Crippen LogP contribution in [-0.4, -0.2) is 15.8 Å². The summed E-state index contributed by atoms with van der Waals surface area (Å²) in [4.78, 5) is 15.5. The Balaban J connectivity index is 2.17. The van der Waals surface area contributed by atoms with Crippen molar-refractivity contribution in [3.05, 3.63) is 41.7 Å². The number of rotatable bonds is 2. The minimum atomic E-state index is 0.614. The summed E-state index contributed by atoms with van der Waals surface area (Å²) in [6.07, 6.45) is 4.17. The first kappa shape index (κ1) is 10.3. The highest BCUT2D eigenvalue weighted by Crippen LogP contribution is 2.26. The molecule has 2 heterocycles. The normalized spacial score (nSPS) is 14.4. The highest BCUT2D eigenvalue weighted by atomic mass is 16.1. The lowest BCUT2D eigenvalue weighted by molar-refractivity contribution is 0.111. The molecule has 1 aromatic carbocycles. The van der Waals surface area contributed by atoms with Crippen LogP contribution in [0.15, 0.2) is 30.3 Å². The monoisotopic (exact) mass is 226 g/mol. The van der Waals surface area contributed by atoms with Gasteiger partial charge in [0.15, 0.2) is 6.29 Å². The van der Waals surface area contributed by atoms with Crippen molar-refractivity contribution in [3.63, 3.8) is 0 Å². The van der Waals surface area contributed by atoms with Crippen molar-refractivity contribution >= 4 is 6.29 Å². The number of aldehydes is 1. The van der Waals surface area contributed by atoms with E-state index in [1.165, 1.54) is 6.42 Å². The lowest BCUT2D eigenvalue weighted by Crippen LogP contribution is -2.11. The van der Waals surface area contributed by atoms with Gasteiger partial charge in [-0.05, 0) is 19.3 Å². The Bertz CT molecular complexity index is 543. The third kappa shape index (κ3) is 1.68. The average Bonchev–Trinajstić information content (AvgIpc) is 2.78. The van der Waals surface area contributed by atoms with E-state index in [1.807, 2.05) is 30.3 Å². The summed E-state index contributed by atoms with van der Waals surface area (Å²) in [7, 11) is 0. The molecule has 0 bridgehead atoms. The minimum absolute atomic E-state index is 0.614. The Hall–Kier alpha value is -1.90. The van der Waals surface area contributed by atoms with Gasteiger partial charge in [-0.1, -0.05) is 30.3 Å². The fraction of sp³-hybridized carbons (Fsp3) is 0.286. The topological polar surface area (TPSA) is 34.9 Å². The van der Waals surface area contributed by atoms with Gasteiger partial charge in [0.2, 0.25) is 0 Å². The van der Waals surface area contributed by atoms with E-state index in [0.29, 0.717) is 5.69 Å². The number of hydrogen-bond acceptors (Lipinski definition) is 2. The van der Waals surface area contributed by atoms with Crippen LogP contribution >= 0.6 is 0 Å². The van der Waals surface area contributed by atoms with Crippen molar-refractivity contribution < 1.29 is 4.79 Å². The van der Waals surface area contributed by atoms with Crippen molar-refractivity contribution in [1.82, 2.24) is 9.55 Å². The number of imidazole rings is 1. The number of carbonyl (C=O) groups is 1. The molecule has 0 aliphatic carbocycles. The number of aromatic nitrogens is 2. The standard InChI is InChI=1S/C14H14N2O/c17-10-12-13-8-4-5-9-16(13)14(15-12)11-6-2-1-3-7-11/h1-3,6-7,10H,4-5,8-9H2. The minimum Gasteiger partial charge on any atom is -0.327 e. The van der Waals surface area contributed by atoms with E-state index in [2.05, 4.69) is 9.55 Å². The molecule has 86 valence electrons. The molecule has 0 atom stereocenters. The van der Waals surface area contributed by atoms with Crippen LogP contribution in [0.2, 0.25) is 0 Å². The van der Waals surface area contributed by atoms with Crippen LogP contribution in [0.1, 0.15) is 29.0 Å². The summed E-state index contributed by atoms with van der Waals surface area (Å²) in [5.74, 6) is 0.933. The van der Waals surface area contributed by atoms with Crippen molar-refractivity contribution in [2.75, 3.05) is 0 Å². The van der Waals surface area contributed by atoms with Crippen molar-refractivity contribution in [3.8, 4) is 11.4 Å². The smallest absolute Gasteiger partial charge is 0.170 e. The Morgan fingerprint density at radius 2 is 2.00 bits per heavy atom. The van der Waals surface area contributed by atoms with E-state index in [9.17, 15) is 4.79 Å². The van der Waals surface area contributed by atoms with E-state index in [1.54, 1.807) is 0 Å². The van der Waals surface area contributed by atoms with E-state index in [-0.39, 0.29) is 0 Å². The molecule has 2 aromatic rings. The first-order valence-electron chi connectivity index (χ1n) is 6.00. The molecule has 3 rings (SSSR count). The van der Waals surface area contributed by atoms with Gasteiger partial charge in [0.1, 0.15) is 11.5 Å². The van der Waals surface area contributed by atoms with Gasteiger partial charge >= 0.3 is 0 Å². The molecule has 0 amide bonds. The maximum Gasteiger partial charge on any atom is 0.170 e. The van der Waals surface area contributed by atoms with Crippen LogP contribution in [-0.2, 0) is 13.0 Å². The molecule has 3 heteroatoms. The van der Waals surface area contributed by atoms with E-state index in [4.69, 9.17) is 0 Å². The van der Waals surface area contributed by atoms with Crippen LogP contribution in [0.3, 0.4) is 0 Å². The summed E-state index contributed by atoms with van der Waals surface area (Å²) in [6.45, 7) is 0.973. The molecule has 1 aromatic heterocycles. The summed E-state index contributed by atoms with van der Waals surface area (Å²) in [5, 5.41) is 0. The van der Waals surface area contributed by atoms with Gasteiger partial charge in [0.25, 0.3) is 0 Å². The zero-order chi connectivity index (χ0) is 11.7. The first-order chi connectivity index (χ1) is 8.40. The third-order valence-corrected chi connectivity index (χ3v) is 3.29. The van der Waals surface area contributed by atoms with E-state index >= 15 is 0 Å². The van der Waals surface area contributed by atoms with Crippen molar-refractivity contribution in [1.29, 1.82) is 0 Å². The zero-order valence-electron chi connectivity index (χ0n) is 9.60. The lowest BCUT2D eigenvalue weighted by Gasteiger charge is -2.16. The summed E-state index contributed by atoms with van der Waals surface area (Å²) >= 11 is 0. The van der Waals surface area contributed by atoms with Gasteiger partial charge in [-0.2, -0.15) is 0 Å². The van der Waals surface area contributed by atoms with Gasteiger partial charge in [-0.3, -0.25) is 4.79 Å². The predicted molar refractivity (Wildman–Crippen MR) is 66.0 cm³/mol. The summed E-state index contributed by atoms with van der Waals surface area (Å²) in [5.41, 5.74) is 2.80. The van der Waals surface area contributed by atoms with Crippen LogP contribution in [0.5, 0.6) is 0 Å². The molecule has 1 aliphatic heterocycles. The molecule has 0 saturated heterocycles. The number of fused-ring (bicyclic) bond motifs is 1. The van der Waals surface area contributed by atoms with E-state index in [0.717, 1.165) is 42.8 Å². The van der Waals surface area contributed by atoms with E-state index < -0.39 is 0 Å². The van der Waals surface area contributed by atoms with Crippen molar-refractivity contribution in [2.45, 2.75) is 25.8 Å². The Kier molecular flexibility index (Phi) is 2.52. The van der Waals surface area contributed by atoms with Crippen LogP contribution in [0.25, 0.3) is 11.4 Å². The SMILES string of the molecule is O=Cc1nc(-c2ccccc2)n2c1CCCC2. The lowest BCUT2D eigenvalue weighted by atomic mass is 10.1. The highest BCUT2D eigenvalue weighted by Gasteiger charge is 2.19. The molecule has 0 unspecified atom stereocenters. The van der Waals surface area contributed by atoms with Crippen molar-refractivity contribution in [2.24, 2.45) is 0 Å². The Morgan fingerprint density at radius 1 is 1.18 bits per heavy atom. The second-order valence-electron chi connectivity index (χ2n) is 4.36. The van der Waals surface area contributed by atoms with Gasteiger partial charge < -0.3 is 4.57 Å². The van der Waals surface area contributed by atoms with Gasteiger partial charge in [-0.15, -0.1) is 0 Å². The van der Waals surface area contributed by atoms with Crippen LogP contribution in [0.4, 0.5) is 0 Å². The second kappa shape index (κ2) is 4.17. The average molecular weight is 226 g/mol. The summed E-state index contributed by atoms with van der Waals surface area (Å²) < 4.78 is 2.20. The fourth-order valence-corrected chi connectivity index (χ4v) is 2.47. The molecule has 0 N–H and O–H groups in total. The first-order valence-corrected chi connectivity index (χ1v) is 6.00. The second-order valence-corrected chi connectivity index (χ2v) is 4.36. The van der Waals surface area contributed by atoms with Crippen LogP contribution in [0, 0.1) is 0 Å². The zero-order valence-corrected chi connectivity index (χ0v) is 9.60. The molecule has 0 radical (unpaired) electrons. The fourth-order valence-electron chi connectivity index (χ4n) is 2.47. The quantitative estimate of drug-likeness (QED) is 0.738. The number of hydrogen-bond donors (Lipinski definition) is 0. The van der Waals surface area contributed by atoms with Crippen LogP contribution < -0.4 is 0 Å². The number of carbonyl (C=O) groups excluding carboxylic acids is 1. The molecule has 0 fully saturated rings. The maximum absolute atomic E-state index is 11.0. The number of nitrogens with zero attached hydrogens (tertiary/aromatic N) is 2. The molecule has 17 heavy (non-hydrogen) atoms. The Morgan fingerprint density at radius 3 is 2.76 bits per heavy atom. The molecular formula is C14H14N2O. The largest absolute Gasteiger partial charge is 0.327 e. The molecule has 1 aliphatic rings. The third-order valence-electron chi connectivity index (χ3n) is 3.29. The number of benzene rings is 1. The molecule has 3 nitrogen and oxygen atoms in total. The van der Waals surface area contributed by atoms with Gasteiger partial charge in [-0.25, -0.2) is 4.98 Å². The molecule has 0 saturated carbocycles. The van der Waals surface area contributed by atoms with Gasteiger partial charge in [0, 0.05) is 17.8 Å². The van der Waals surface area contributed by atoms with Gasteiger partial charge in [0.05, 0.1) is 0 Å². The molecule has 0 spiro atoms. The highest BCUT2D eigenvalue weighted by molar-refractivity contribution is 5.76. The molecular weight excluding hydrogens is 212 g/mol. The summed E-state index contributed by atoms with van der Waals surface area (Å²) in [6, 6.07) is 10.1. The Labute approximate surface area is 100 Å². The predicted octanol–water partition coefficient (Wildman–Crippen LogP) is 2.70. The maximum atomic E-state index is 11.0.